The number of carbonyl (C=O) groups excluding carboxylic acids is 1. The van der Waals surface area contributed by atoms with E-state index >= 15 is 0 Å². The van der Waals surface area contributed by atoms with Crippen molar-refractivity contribution >= 4 is 40.3 Å². The predicted molar refractivity (Wildman–Crippen MR) is 64.4 cm³/mol. The molecular weight excluding hydrogens is 244 g/mol. The molecule has 2 aliphatic rings. The Morgan fingerprint density at radius 2 is 2.44 bits per heavy atom. The molecule has 5 nitrogen and oxygen atoms in total. The van der Waals surface area contributed by atoms with Gasteiger partial charge in [-0.25, -0.2) is 9.67 Å². The molecule has 0 aromatic carbocycles. The van der Waals surface area contributed by atoms with Crippen LogP contribution in [0.25, 0.3) is 0 Å². The topological polar surface area (TPSA) is 60.1 Å². The number of carbonyl (C=O) groups is 1. The molecule has 0 fully saturated rings. The lowest BCUT2D eigenvalue weighted by Crippen LogP contribution is -2.24. The first kappa shape index (κ1) is 10.1. The van der Waals surface area contributed by atoms with E-state index in [4.69, 9.17) is 0 Å². The summed E-state index contributed by atoms with van der Waals surface area (Å²) in [5.41, 5.74) is 1.51. The average molecular weight is 252 g/mol. The van der Waals surface area contributed by atoms with Crippen molar-refractivity contribution in [1.82, 2.24) is 14.8 Å². The van der Waals surface area contributed by atoms with Crippen LogP contribution in [-0.2, 0) is 11.3 Å². The van der Waals surface area contributed by atoms with Gasteiger partial charge in [0.15, 0.2) is 0 Å². The average Bonchev–Trinajstić information content (AvgIpc) is 2.69. The second kappa shape index (κ2) is 3.74. The summed E-state index contributed by atoms with van der Waals surface area (Å²) in [7, 11) is 0. The summed E-state index contributed by atoms with van der Waals surface area (Å²) < 4.78 is 1.74. The van der Waals surface area contributed by atoms with Gasteiger partial charge in [-0.05, 0) is 6.26 Å². The zero-order valence-electron chi connectivity index (χ0n) is 8.51. The Bertz CT molecular complexity index is 532. The molecule has 0 N–H and O–H groups in total. The van der Waals surface area contributed by atoms with E-state index in [1.165, 1.54) is 23.5 Å². The van der Waals surface area contributed by atoms with Gasteiger partial charge in [-0.15, -0.1) is 5.10 Å². The molecule has 0 amide bonds. The van der Waals surface area contributed by atoms with E-state index in [0.717, 1.165) is 11.3 Å². The number of thioether (sulfide) groups is 2. The van der Waals surface area contributed by atoms with Crippen molar-refractivity contribution in [2.45, 2.75) is 11.7 Å². The zero-order chi connectivity index (χ0) is 11.1. The van der Waals surface area contributed by atoms with Crippen LogP contribution in [0.4, 0.5) is 5.95 Å². The maximum absolute atomic E-state index is 11.6. The third-order valence-corrected chi connectivity index (χ3v) is 3.72. The lowest BCUT2D eigenvalue weighted by Gasteiger charge is -2.18. The molecule has 16 heavy (non-hydrogen) atoms. The molecule has 3 heterocycles. The molecule has 7 heteroatoms. The fraction of sp³-hybridized carbons (Fsp3) is 0.333. The summed E-state index contributed by atoms with van der Waals surface area (Å²) in [6.07, 6.45) is 3.95. The van der Waals surface area contributed by atoms with E-state index < -0.39 is 0 Å². The second-order valence-electron chi connectivity index (χ2n) is 3.34. The smallest absolute Gasteiger partial charge is 0.249 e. The minimum Gasteiger partial charge on any atom is -0.280 e. The van der Waals surface area contributed by atoms with Crippen LogP contribution in [0.15, 0.2) is 21.8 Å². The zero-order valence-corrected chi connectivity index (χ0v) is 10.1. The number of hydrogen-bond donors (Lipinski definition) is 0. The number of rotatable bonds is 1. The third-order valence-electron chi connectivity index (χ3n) is 2.39. The van der Waals surface area contributed by atoms with E-state index in [2.05, 4.69) is 15.1 Å². The maximum Gasteiger partial charge on any atom is 0.249 e. The molecule has 0 saturated carbocycles. The van der Waals surface area contributed by atoms with Gasteiger partial charge in [0.2, 0.25) is 16.2 Å². The van der Waals surface area contributed by atoms with Crippen molar-refractivity contribution in [1.29, 1.82) is 0 Å². The van der Waals surface area contributed by atoms with Crippen LogP contribution in [-0.4, -0.2) is 37.6 Å². The highest BCUT2D eigenvalue weighted by atomic mass is 32.2. The summed E-state index contributed by atoms with van der Waals surface area (Å²) >= 11 is 2.76. The van der Waals surface area contributed by atoms with Gasteiger partial charge in [-0.3, -0.25) is 4.79 Å². The predicted octanol–water partition coefficient (Wildman–Crippen LogP) is 1.29. The van der Waals surface area contributed by atoms with Crippen LogP contribution >= 0.6 is 23.5 Å². The lowest BCUT2D eigenvalue weighted by atomic mass is 10.1. The van der Waals surface area contributed by atoms with Gasteiger partial charge < -0.3 is 0 Å². The molecule has 3 rings (SSSR count). The number of fused-ring (bicyclic) bond motifs is 2. The third kappa shape index (κ3) is 1.51. The van der Waals surface area contributed by atoms with Gasteiger partial charge in [0.25, 0.3) is 0 Å². The first-order valence-electron chi connectivity index (χ1n) is 4.72. The fourth-order valence-corrected chi connectivity index (χ4v) is 2.72. The molecule has 1 aromatic heterocycles. The van der Waals surface area contributed by atoms with Crippen LogP contribution in [0.2, 0.25) is 0 Å². The highest BCUT2D eigenvalue weighted by Crippen LogP contribution is 2.27. The molecule has 0 bridgehead atoms. The molecular formula is C9H8N4OS2. The van der Waals surface area contributed by atoms with E-state index in [9.17, 15) is 4.79 Å². The molecule has 0 saturated heterocycles. The van der Waals surface area contributed by atoms with Crippen molar-refractivity contribution in [2.24, 2.45) is 4.99 Å². The summed E-state index contributed by atoms with van der Waals surface area (Å²) in [4.78, 5) is 20.1. The summed E-state index contributed by atoms with van der Waals surface area (Å²) in [5.74, 6) is 1.26. The Labute approximate surface area is 100 Å². The van der Waals surface area contributed by atoms with E-state index in [1.54, 1.807) is 4.68 Å². The molecule has 2 aliphatic heterocycles. The van der Waals surface area contributed by atoms with E-state index in [1.807, 2.05) is 12.3 Å². The number of allylic oxidation sites excluding steroid dienone is 1. The normalized spacial score (nSPS) is 18.7. The number of aromatic nitrogens is 3. The molecule has 0 radical (unpaired) electrons. The quantitative estimate of drug-likeness (QED) is 0.705. The molecule has 0 aliphatic carbocycles. The fourth-order valence-electron chi connectivity index (χ4n) is 1.62. The first-order chi connectivity index (χ1) is 7.78. The van der Waals surface area contributed by atoms with Crippen LogP contribution in [0.3, 0.4) is 0 Å². The molecule has 0 spiro atoms. The molecule has 0 atom stereocenters. The van der Waals surface area contributed by atoms with Crippen molar-refractivity contribution in [3.63, 3.8) is 0 Å². The Morgan fingerprint density at radius 1 is 1.56 bits per heavy atom. The minimum absolute atomic E-state index is 0.0393. The second-order valence-corrected chi connectivity index (χ2v) is 5.11. The van der Waals surface area contributed by atoms with Crippen LogP contribution in [0.1, 0.15) is 0 Å². The van der Waals surface area contributed by atoms with E-state index in [0.29, 0.717) is 23.4 Å². The van der Waals surface area contributed by atoms with Gasteiger partial charge in [0.1, 0.15) is 5.71 Å². The van der Waals surface area contributed by atoms with Gasteiger partial charge in [-0.2, -0.15) is 4.98 Å². The van der Waals surface area contributed by atoms with Crippen molar-refractivity contribution in [3.05, 3.63) is 11.6 Å². The monoisotopic (exact) mass is 252 g/mol. The number of aliphatic imine (C=N–C) groups is 1. The minimum atomic E-state index is 0.0393. The Balaban J connectivity index is 2.10. The standard InChI is InChI=1S/C9H8N4OS2/c1-15-9-11-8-10-6-5(4-13(8)12-9)2-3-16-7(6)14/h2H,3-4H2,1H3. The maximum atomic E-state index is 11.6. The van der Waals surface area contributed by atoms with Gasteiger partial charge in [-0.1, -0.05) is 29.6 Å². The molecule has 1 aromatic rings. The van der Waals surface area contributed by atoms with E-state index in [-0.39, 0.29) is 5.12 Å². The first-order valence-corrected chi connectivity index (χ1v) is 6.93. The largest absolute Gasteiger partial charge is 0.280 e. The molecule has 0 unspecified atom stereocenters. The van der Waals surface area contributed by atoms with Crippen LogP contribution in [0.5, 0.6) is 0 Å². The van der Waals surface area contributed by atoms with Crippen molar-refractivity contribution in [2.75, 3.05) is 12.0 Å². The molecule has 82 valence electrons. The Morgan fingerprint density at radius 3 is 3.25 bits per heavy atom. The van der Waals surface area contributed by atoms with Gasteiger partial charge in [0, 0.05) is 11.3 Å². The van der Waals surface area contributed by atoms with Gasteiger partial charge >= 0.3 is 0 Å². The number of hydrogen-bond acceptors (Lipinski definition) is 6. The highest BCUT2D eigenvalue weighted by Gasteiger charge is 2.27. The van der Waals surface area contributed by atoms with Crippen LogP contribution in [0, 0.1) is 0 Å². The van der Waals surface area contributed by atoms with Gasteiger partial charge in [0.05, 0.1) is 6.54 Å². The Kier molecular flexibility index (Phi) is 2.36. The Hall–Kier alpha value is -1.08. The number of nitrogens with zero attached hydrogens (tertiary/aromatic N) is 4. The summed E-state index contributed by atoms with van der Waals surface area (Å²) in [5, 5.41) is 5.02. The van der Waals surface area contributed by atoms with Crippen molar-refractivity contribution in [3.8, 4) is 0 Å². The van der Waals surface area contributed by atoms with Crippen molar-refractivity contribution < 1.29 is 4.79 Å². The lowest BCUT2D eigenvalue weighted by molar-refractivity contribution is -0.105. The highest BCUT2D eigenvalue weighted by molar-refractivity contribution is 8.15. The van der Waals surface area contributed by atoms with Crippen LogP contribution < -0.4 is 0 Å². The SMILES string of the molecule is CSc1nc2n(n1)CC1=CCSC(=O)C1=N2. The summed E-state index contributed by atoms with van der Waals surface area (Å²) in [6, 6.07) is 0. The summed E-state index contributed by atoms with van der Waals surface area (Å²) in [6.45, 7) is 0.605.